The molecule has 0 aliphatic rings. The molecule has 0 spiro atoms. The molecule has 1 aromatic heterocycles. The SMILES string of the molecule is COCCNS(=O)(=O)c1cc(C(=O)NC(C)c2ccncc2)ccc1OC. The number of sulfonamides is 1. The molecule has 0 saturated carbocycles. The standard InChI is InChI=1S/C18H23N3O5S/c1-13(14-6-8-19-9-7-14)21-18(22)15-4-5-16(26-3)17(12-15)27(23,24)20-10-11-25-2/h4-9,12-13,20H,10-11H2,1-3H3,(H,21,22). The van der Waals surface area contributed by atoms with Crippen LogP contribution in [0.25, 0.3) is 0 Å². The number of hydrogen-bond acceptors (Lipinski definition) is 6. The van der Waals surface area contributed by atoms with E-state index in [9.17, 15) is 13.2 Å². The van der Waals surface area contributed by atoms with E-state index in [2.05, 4.69) is 15.0 Å². The van der Waals surface area contributed by atoms with Gasteiger partial charge in [-0.2, -0.15) is 0 Å². The van der Waals surface area contributed by atoms with Crippen LogP contribution in [0.15, 0.2) is 47.6 Å². The van der Waals surface area contributed by atoms with E-state index in [1.807, 2.05) is 6.92 Å². The van der Waals surface area contributed by atoms with Gasteiger partial charge in [-0.3, -0.25) is 9.78 Å². The van der Waals surface area contributed by atoms with Crippen molar-refractivity contribution in [3.63, 3.8) is 0 Å². The molecule has 1 amide bonds. The fourth-order valence-corrected chi connectivity index (χ4v) is 3.61. The lowest BCUT2D eigenvalue weighted by molar-refractivity contribution is 0.0939. The molecule has 0 saturated heterocycles. The fourth-order valence-electron chi connectivity index (χ4n) is 2.40. The molecule has 27 heavy (non-hydrogen) atoms. The van der Waals surface area contributed by atoms with E-state index in [4.69, 9.17) is 9.47 Å². The molecule has 2 rings (SSSR count). The van der Waals surface area contributed by atoms with Gasteiger partial charge in [0.2, 0.25) is 10.0 Å². The summed E-state index contributed by atoms with van der Waals surface area (Å²) in [6.45, 7) is 2.17. The Balaban J connectivity index is 2.24. The van der Waals surface area contributed by atoms with E-state index < -0.39 is 15.9 Å². The van der Waals surface area contributed by atoms with Crippen molar-refractivity contribution in [3.05, 3.63) is 53.9 Å². The molecule has 1 atom stereocenters. The second-order valence-electron chi connectivity index (χ2n) is 5.73. The Labute approximate surface area is 159 Å². The zero-order valence-electron chi connectivity index (χ0n) is 15.4. The van der Waals surface area contributed by atoms with Crippen molar-refractivity contribution in [2.45, 2.75) is 17.9 Å². The quantitative estimate of drug-likeness (QED) is 0.626. The Morgan fingerprint density at radius 2 is 1.89 bits per heavy atom. The lowest BCUT2D eigenvalue weighted by atomic mass is 10.1. The van der Waals surface area contributed by atoms with E-state index in [1.165, 1.54) is 32.4 Å². The third-order valence-electron chi connectivity index (χ3n) is 3.87. The van der Waals surface area contributed by atoms with Gasteiger partial charge < -0.3 is 14.8 Å². The first-order chi connectivity index (χ1) is 12.9. The summed E-state index contributed by atoms with van der Waals surface area (Å²) in [4.78, 5) is 16.4. The average Bonchev–Trinajstić information content (AvgIpc) is 2.68. The highest BCUT2D eigenvalue weighted by Crippen LogP contribution is 2.25. The predicted molar refractivity (Wildman–Crippen MR) is 100 cm³/mol. The van der Waals surface area contributed by atoms with Crippen molar-refractivity contribution in [2.75, 3.05) is 27.4 Å². The number of ether oxygens (including phenoxy) is 2. The van der Waals surface area contributed by atoms with E-state index in [1.54, 1.807) is 24.5 Å². The van der Waals surface area contributed by atoms with Gasteiger partial charge in [-0.15, -0.1) is 0 Å². The minimum Gasteiger partial charge on any atom is -0.495 e. The largest absolute Gasteiger partial charge is 0.495 e. The molecule has 0 aliphatic carbocycles. The number of carbonyl (C=O) groups excluding carboxylic acids is 1. The van der Waals surface area contributed by atoms with Crippen LogP contribution in [0.5, 0.6) is 5.75 Å². The van der Waals surface area contributed by atoms with Crippen molar-refractivity contribution >= 4 is 15.9 Å². The maximum absolute atomic E-state index is 12.6. The number of nitrogens with zero attached hydrogens (tertiary/aromatic N) is 1. The normalized spacial score (nSPS) is 12.4. The molecular weight excluding hydrogens is 370 g/mol. The van der Waals surface area contributed by atoms with E-state index in [0.29, 0.717) is 0 Å². The first-order valence-electron chi connectivity index (χ1n) is 8.26. The minimum atomic E-state index is -3.86. The summed E-state index contributed by atoms with van der Waals surface area (Å²) in [7, 11) is -1.01. The topological polar surface area (TPSA) is 107 Å². The number of rotatable bonds is 9. The Morgan fingerprint density at radius 3 is 2.52 bits per heavy atom. The minimum absolute atomic E-state index is 0.106. The van der Waals surface area contributed by atoms with Crippen LogP contribution in [0.3, 0.4) is 0 Å². The van der Waals surface area contributed by atoms with Gasteiger partial charge in [-0.25, -0.2) is 13.1 Å². The van der Waals surface area contributed by atoms with Crippen molar-refractivity contribution in [3.8, 4) is 5.75 Å². The van der Waals surface area contributed by atoms with Gasteiger partial charge in [0, 0.05) is 31.6 Å². The van der Waals surface area contributed by atoms with Crippen LogP contribution in [0.1, 0.15) is 28.9 Å². The Bertz CT molecular complexity index is 872. The maximum Gasteiger partial charge on any atom is 0.251 e. The number of amides is 1. The van der Waals surface area contributed by atoms with E-state index in [0.717, 1.165) is 5.56 Å². The summed E-state index contributed by atoms with van der Waals surface area (Å²) in [6, 6.07) is 7.60. The summed E-state index contributed by atoms with van der Waals surface area (Å²) in [5.41, 5.74) is 1.10. The van der Waals surface area contributed by atoms with Crippen LogP contribution in [0, 0.1) is 0 Å². The molecule has 0 bridgehead atoms. The fraction of sp³-hybridized carbons (Fsp3) is 0.333. The van der Waals surface area contributed by atoms with Crippen LogP contribution < -0.4 is 14.8 Å². The van der Waals surface area contributed by atoms with Gasteiger partial charge in [-0.1, -0.05) is 0 Å². The molecule has 0 aliphatic heterocycles. The molecule has 8 nitrogen and oxygen atoms in total. The van der Waals surface area contributed by atoms with Gasteiger partial charge in [0.25, 0.3) is 5.91 Å². The summed E-state index contributed by atoms with van der Waals surface area (Å²) in [6.07, 6.45) is 3.28. The zero-order chi connectivity index (χ0) is 19.9. The Morgan fingerprint density at radius 1 is 1.19 bits per heavy atom. The van der Waals surface area contributed by atoms with Crippen LogP contribution in [0.4, 0.5) is 0 Å². The summed E-state index contributed by atoms with van der Waals surface area (Å²) >= 11 is 0. The first kappa shape index (κ1) is 20.8. The number of methoxy groups -OCH3 is 2. The summed E-state index contributed by atoms with van der Waals surface area (Å²) < 4.78 is 37.4. The molecule has 2 N–H and O–H groups in total. The number of pyridine rings is 1. The van der Waals surface area contributed by atoms with Crippen molar-refractivity contribution in [1.82, 2.24) is 15.0 Å². The molecule has 9 heteroatoms. The van der Waals surface area contributed by atoms with Gasteiger partial charge in [0.05, 0.1) is 19.8 Å². The van der Waals surface area contributed by atoms with Gasteiger partial charge >= 0.3 is 0 Å². The lowest BCUT2D eigenvalue weighted by Crippen LogP contribution is -2.29. The van der Waals surface area contributed by atoms with Gasteiger partial charge in [0.15, 0.2) is 0 Å². The third-order valence-corrected chi connectivity index (χ3v) is 5.35. The number of aromatic nitrogens is 1. The van der Waals surface area contributed by atoms with Crippen molar-refractivity contribution < 1.29 is 22.7 Å². The zero-order valence-corrected chi connectivity index (χ0v) is 16.2. The highest BCUT2D eigenvalue weighted by Gasteiger charge is 2.22. The predicted octanol–water partition coefficient (Wildman–Crippen LogP) is 1.51. The monoisotopic (exact) mass is 393 g/mol. The third kappa shape index (κ3) is 5.49. The number of nitrogens with one attached hydrogen (secondary N) is 2. The molecule has 0 fully saturated rings. The van der Waals surface area contributed by atoms with Crippen molar-refractivity contribution in [1.29, 1.82) is 0 Å². The first-order valence-corrected chi connectivity index (χ1v) is 9.74. The number of benzene rings is 1. The van der Waals surface area contributed by atoms with Gasteiger partial charge in [0.1, 0.15) is 10.6 Å². The molecule has 1 unspecified atom stereocenters. The highest BCUT2D eigenvalue weighted by atomic mass is 32.2. The molecule has 146 valence electrons. The Hall–Kier alpha value is -2.49. The van der Waals surface area contributed by atoms with Crippen LogP contribution in [-0.4, -0.2) is 46.7 Å². The number of carbonyl (C=O) groups is 1. The molecular formula is C18H23N3O5S. The van der Waals surface area contributed by atoms with Crippen LogP contribution in [-0.2, 0) is 14.8 Å². The average molecular weight is 393 g/mol. The van der Waals surface area contributed by atoms with E-state index >= 15 is 0 Å². The lowest BCUT2D eigenvalue weighted by Gasteiger charge is -2.16. The van der Waals surface area contributed by atoms with Crippen molar-refractivity contribution in [2.24, 2.45) is 0 Å². The molecule has 1 heterocycles. The highest BCUT2D eigenvalue weighted by molar-refractivity contribution is 7.89. The summed E-state index contributed by atoms with van der Waals surface area (Å²) in [5.74, 6) is -0.242. The summed E-state index contributed by atoms with van der Waals surface area (Å²) in [5, 5.41) is 2.84. The van der Waals surface area contributed by atoms with E-state index in [-0.39, 0.29) is 35.4 Å². The smallest absolute Gasteiger partial charge is 0.251 e. The van der Waals surface area contributed by atoms with Crippen LogP contribution in [0.2, 0.25) is 0 Å². The molecule has 1 aromatic carbocycles. The van der Waals surface area contributed by atoms with Crippen LogP contribution >= 0.6 is 0 Å². The second kappa shape index (κ2) is 9.45. The maximum atomic E-state index is 12.6. The molecule has 2 aromatic rings. The Kier molecular flexibility index (Phi) is 7.28. The van der Waals surface area contributed by atoms with Gasteiger partial charge in [-0.05, 0) is 42.8 Å². The second-order valence-corrected chi connectivity index (χ2v) is 7.47. The molecule has 0 radical (unpaired) electrons. The number of hydrogen-bond donors (Lipinski definition) is 2.